The highest BCUT2D eigenvalue weighted by Gasteiger charge is 2.45. The molecule has 45 heavy (non-hydrogen) atoms. The van der Waals surface area contributed by atoms with Gasteiger partial charge in [0.25, 0.3) is 5.91 Å². The number of carboxylic acid groups (broad SMARTS) is 1. The van der Waals surface area contributed by atoms with E-state index in [9.17, 15) is 27.9 Å². The van der Waals surface area contributed by atoms with Crippen molar-refractivity contribution >= 4 is 41.1 Å². The molecule has 11 nitrogen and oxygen atoms in total. The number of aliphatic carboxylic acids is 1. The average molecular weight is 651 g/mol. The standard InChI is InChI=1S/C30H35ClF3N7O4/c1-41(2,3)17-5-4-6-23(25(43)44)36-24(42)19-7-13-22(14-8-19)35-26-37-27(39-28(38-26)45-18-30(32,33)34)40-29(15-16-29)20-9-11-21(31)12-10-20/h7-14,23H,4-6,15-18H2,1-3H3,(H3-,35,36,37,38,39,40,42,43,44)/p+1. The molecule has 0 aliphatic heterocycles. The summed E-state index contributed by atoms with van der Waals surface area (Å²) in [5.41, 5.74) is 1.05. The summed E-state index contributed by atoms with van der Waals surface area (Å²) in [5, 5.41) is 18.8. The van der Waals surface area contributed by atoms with Gasteiger partial charge in [0.05, 0.1) is 33.2 Å². The minimum atomic E-state index is -4.60. The minimum Gasteiger partial charge on any atom is -0.480 e. The Labute approximate surface area is 263 Å². The third-order valence-corrected chi connectivity index (χ3v) is 7.31. The predicted octanol–water partition coefficient (Wildman–Crippen LogP) is 5.37. The number of nitrogens with one attached hydrogen (secondary N) is 3. The second-order valence-electron chi connectivity index (χ2n) is 12.0. The number of anilines is 3. The quantitative estimate of drug-likeness (QED) is 0.126. The fourth-order valence-corrected chi connectivity index (χ4v) is 4.67. The van der Waals surface area contributed by atoms with Gasteiger partial charge in [0.1, 0.15) is 6.04 Å². The van der Waals surface area contributed by atoms with Crippen molar-refractivity contribution in [3.8, 4) is 6.01 Å². The van der Waals surface area contributed by atoms with Crippen LogP contribution in [0.3, 0.4) is 0 Å². The van der Waals surface area contributed by atoms with Crippen molar-refractivity contribution in [3.05, 3.63) is 64.7 Å². The van der Waals surface area contributed by atoms with E-state index in [0.717, 1.165) is 35.9 Å². The maximum Gasteiger partial charge on any atom is 0.422 e. The molecule has 1 fully saturated rings. The van der Waals surface area contributed by atoms with Gasteiger partial charge in [-0.3, -0.25) is 4.79 Å². The molecule has 1 saturated carbocycles. The second-order valence-corrected chi connectivity index (χ2v) is 12.4. The van der Waals surface area contributed by atoms with Gasteiger partial charge in [-0.25, -0.2) is 4.79 Å². The summed E-state index contributed by atoms with van der Waals surface area (Å²) < 4.78 is 44.2. The molecule has 1 aliphatic rings. The Morgan fingerprint density at radius 1 is 1.00 bits per heavy atom. The van der Waals surface area contributed by atoms with E-state index in [0.29, 0.717) is 23.6 Å². The first-order valence-electron chi connectivity index (χ1n) is 14.3. The van der Waals surface area contributed by atoms with Crippen molar-refractivity contribution in [2.45, 2.75) is 49.9 Å². The number of amides is 1. The number of alkyl halides is 3. The number of hydrogen-bond acceptors (Lipinski definition) is 8. The lowest BCUT2D eigenvalue weighted by Gasteiger charge is -2.24. The number of unbranched alkanes of at least 4 members (excludes halogenated alkanes) is 1. The van der Waals surface area contributed by atoms with Gasteiger partial charge in [-0.05, 0) is 74.1 Å². The molecule has 3 aromatic rings. The maximum atomic E-state index is 12.9. The lowest BCUT2D eigenvalue weighted by atomic mass is 10.1. The van der Waals surface area contributed by atoms with E-state index in [1.54, 1.807) is 12.1 Å². The zero-order valence-electron chi connectivity index (χ0n) is 25.1. The van der Waals surface area contributed by atoms with Crippen molar-refractivity contribution < 1.29 is 37.1 Å². The van der Waals surface area contributed by atoms with Crippen LogP contribution in [0.5, 0.6) is 6.01 Å². The highest BCUT2D eigenvalue weighted by Crippen LogP contribution is 2.48. The van der Waals surface area contributed by atoms with Crippen molar-refractivity contribution in [2.24, 2.45) is 0 Å². The van der Waals surface area contributed by atoms with E-state index in [4.69, 9.17) is 16.3 Å². The second kappa shape index (κ2) is 13.9. The van der Waals surface area contributed by atoms with Crippen LogP contribution in [0.4, 0.5) is 30.8 Å². The number of halogens is 4. The lowest BCUT2D eigenvalue weighted by Crippen LogP contribution is -2.41. The van der Waals surface area contributed by atoms with E-state index >= 15 is 0 Å². The van der Waals surface area contributed by atoms with Gasteiger partial charge in [-0.1, -0.05) is 23.7 Å². The van der Waals surface area contributed by atoms with Crippen LogP contribution in [0.1, 0.15) is 48.0 Å². The maximum absolute atomic E-state index is 12.9. The average Bonchev–Trinajstić information content (AvgIpc) is 3.73. The first-order chi connectivity index (χ1) is 21.1. The van der Waals surface area contributed by atoms with E-state index in [1.165, 1.54) is 24.3 Å². The number of aromatic nitrogens is 3. The van der Waals surface area contributed by atoms with E-state index in [-0.39, 0.29) is 17.5 Å². The molecular formula is C30H36ClF3N7O4+. The molecule has 1 aromatic heterocycles. The Kier molecular flexibility index (Phi) is 10.4. The van der Waals surface area contributed by atoms with Crippen LogP contribution >= 0.6 is 11.6 Å². The van der Waals surface area contributed by atoms with Gasteiger partial charge in [0.2, 0.25) is 11.9 Å². The molecule has 0 saturated heterocycles. The zero-order chi connectivity index (χ0) is 32.8. The van der Waals surface area contributed by atoms with Crippen LogP contribution in [-0.4, -0.2) is 82.9 Å². The number of nitrogens with zero attached hydrogens (tertiary/aromatic N) is 4. The van der Waals surface area contributed by atoms with Crippen LogP contribution in [0.25, 0.3) is 0 Å². The summed E-state index contributed by atoms with van der Waals surface area (Å²) in [5.74, 6) is -1.74. The fourth-order valence-electron chi connectivity index (χ4n) is 4.54. The molecule has 1 aliphatic carbocycles. The number of ether oxygens (including phenoxy) is 1. The Morgan fingerprint density at radius 2 is 1.64 bits per heavy atom. The van der Waals surface area contributed by atoms with Crippen molar-refractivity contribution in [1.82, 2.24) is 20.3 Å². The molecule has 1 heterocycles. The Bertz CT molecular complexity index is 1480. The van der Waals surface area contributed by atoms with E-state index in [2.05, 4.69) is 52.0 Å². The zero-order valence-corrected chi connectivity index (χ0v) is 25.9. The number of quaternary nitrogens is 1. The fraction of sp³-hybridized carbons (Fsp3) is 0.433. The van der Waals surface area contributed by atoms with Gasteiger partial charge in [0.15, 0.2) is 6.61 Å². The van der Waals surface area contributed by atoms with Gasteiger partial charge in [-0.15, -0.1) is 0 Å². The predicted molar refractivity (Wildman–Crippen MR) is 163 cm³/mol. The number of carbonyl (C=O) groups excluding carboxylic acids is 1. The number of carboxylic acids is 1. The van der Waals surface area contributed by atoms with Crippen LogP contribution in [0, 0.1) is 0 Å². The minimum absolute atomic E-state index is 0.00859. The number of carbonyl (C=O) groups is 2. The third kappa shape index (κ3) is 10.5. The molecule has 0 bridgehead atoms. The Hall–Kier alpha value is -4.17. The molecule has 1 amide bonds. The van der Waals surface area contributed by atoms with Crippen LogP contribution in [0.15, 0.2) is 48.5 Å². The Morgan fingerprint density at radius 3 is 2.22 bits per heavy atom. The number of benzene rings is 2. The highest BCUT2D eigenvalue weighted by atomic mass is 35.5. The van der Waals surface area contributed by atoms with Crippen molar-refractivity contribution in [1.29, 1.82) is 0 Å². The summed E-state index contributed by atoms with van der Waals surface area (Å²) in [6.45, 7) is -0.707. The van der Waals surface area contributed by atoms with E-state index in [1.807, 2.05) is 12.1 Å². The van der Waals surface area contributed by atoms with Gasteiger partial charge in [0, 0.05) is 16.3 Å². The summed E-state index contributed by atoms with van der Waals surface area (Å²) in [7, 11) is 6.16. The topological polar surface area (TPSA) is 138 Å². The molecule has 0 spiro atoms. The van der Waals surface area contributed by atoms with Crippen molar-refractivity contribution in [2.75, 3.05) is 44.9 Å². The molecule has 4 N–H and O–H groups in total. The monoisotopic (exact) mass is 650 g/mol. The number of hydrogen-bond donors (Lipinski definition) is 4. The molecule has 15 heteroatoms. The first kappa shape index (κ1) is 33.7. The summed E-state index contributed by atoms with van der Waals surface area (Å²) in [4.78, 5) is 36.9. The van der Waals surface area contributed by atoms with Crippen LogP contribution in [-0.2, 0) is 10.3 Å². The summed E-state index contributed by atoms with van der Waals surface area (Å²) in [6.07, 6.45) is -1.35. The normalized spacial score (nSPS) is 14.7. The van der Waals surface area contributed by atoms with Gasteiger partial charge >= 0.3 is 18.2 Å². The Balaban J connectivity index is 1.45. The van der Waals surface area contributed by atoms with Crippen molar-refractivity contribution in [3.63, 3.8) is 0 Å². The molecule has 1 unspecified atom stereocenters. The third-order valence-electron chi connectivity index (χ3n) is 7.06. The largest absolute Gasteiger partial charge is 0.480 e. The van der Waals surface area contributed by atoms with Gasteiger partial charge in [-0.2, -0.15) is 28.1 Å². The smallest absolute Gasteiger partial charge is 0.422 e. The van der Waals surface area contributed by atoms with Gasteiger partial charge < -0.3 is 30.3 Å². The first-order valence-corrected chi connectivity index (χ1v) is 14.7. The molecule has 0 radical (unpaired) electrons. The lowest BCUT2D eigenvalue weighted by molar-refractivity contribution is -0.870. The summed E-state index contributed by atoms with van der Waals surface area (Å²) in [6, 6.07) is 11.7. The number of rotatable bonds is 15. The van der Waals surface area contributed by atoms with Crippen LogP contribution < -0.4 is 20.7 Å². The molecule has 242 valence electrons. The molecule has 4 rings (SSSR count). The van der Waals surface area contributed by atoms with E-state index < -0.39 is 42.3 Å². The van der Waals surface area contributed by atoms with Crippen LogP contribution in [0.2, 0.25) is 5.02 Å². The highest BCUT2D eigenvalue weighted by molar-refractivity contribution is 6.30. The molecule has 2 aromatic carbocycles. The SMILES string of the molecule is C[N+](C)(C)CCCCC(NC(=O)c1ccc(Nc2nc(NC3(c4ccc(Cl)cc4)CC3)nc(OCC(F)(F)F)n2)cc1)C(=O)O. The molecular weight excluding hydrogens is 615 g/mol. The molecule has 1 atom stereocenters. The summed E-state index contributed by atoms with van der Waals surface area (Å²) >= 11 is 6.01.